The Labute approximate surface area is 64.7 Å². The number of ether oxygens (including phenoxy) is 1. The van der Waals surface area contributed by atoms with Crippen molar-refractivity contribution >= 4 is 17.9 Å². The van der Waals surface area contributed by atoms with Crippen molar-refractivity contribution in [1.82, 2.24) is 4.90 Å². The largest absolute Gasteiger partial charge is 0.453 e. The van der Waals surface area contributed by atoms with E-state index in [0.29, 0.717) is 0 Å². The second-order valence-corrected chi connectivity index (χ2v) is 3.29. The maximum atomic E-state index is 10.9. The van der Waals surface area contributed by atoms with Gasteiger partial charge in [-0.1, -0.05) is 0 Å². The van der Waals surface area contributed by atoms with Crippen LogP contribution in [0.2, 0.25) is 0 Å². The highest BCUT2D eigenvalue weighted by atomic mass is 32.2. The van der Waals surface area contributed by atoms with Crippen LogP contribution in [-0.4, -0.2) is 42.7 Å². The Kier molecular flexibility index (Phi) is 2.86. The molecule has 1 rings (SSSR count). The van der Waals surface area contributed by atoms with Gasteiger partial charge in [0.05, 0.1) is 7.11 Å². The molecular formula is C6H11NO2S. The van der Waals surface area contributed by atoms with Gasteiger partial charge in [-0.3, -0.25) is 0 Å². The van der Waals surface area contributed by atoms with Crippen LogP contribution in [-0.2, 0) is 4.74 Å². The molecular weight excluding hydrogens is 150 g/mol. The molecule has 0 radical (unpaired) electrons. The van der Waals surface area contributed by atoms with Crippen LogP contribution >= 0.6 is 11.8 Å². The molecule has 0 unspecified atom stereocenters. The lowest BCUT2D eigenvalue weighted by Gasteiger charge is -2.24. The summed E-state index contributed by atoms with van der Waals surface area (Å²) in [7, 11) is 1.42. The number of carbonyl (C=O) groups is 1. The number of methoxy groups -OCH3 is 1. The van der Waals surface area contributed by atoms with Crippen molar-refractivity contribution in [1.29, 1.82) is 0 Å². The van der Waals surface area contributed by atoms with Crippen molar-refractivity contribution in [3.63, 3.8) is 0 Å². The van der Waals surface area contributed by atoms with Crippen molar-refractivity contribution in [2.75, 3.05) is 31.7 Å². The molecule has 10 heavy (non-hydrogen) atoms. The monoisotopic (exact) mass is 161 g/mol. The van der Waals surface area contributed by atoms with Crippen molar-refractivity contribution in [3.05, 3.63) is 0 Å². The zero-order chi connectivity index (χ0) is 7.40. The first kappa shape index (κ1) is 7.72. The molecule has 0 atom stereocenters. The SMILES string of the molecule is COC(=O)N1CCSCC1. The third-order valence-corrected chi connectivity index (χ3v) is 2.39. The summed E-state index contributed by atoms with van der Waals surface area (Å²) in [5.74, 6) is 2.07. The minimum atomic E-state index is -0.194. The molecule has 0 saturated carbocycles. The van der Waals surface area contributed by atoms with E-state index < -0.39 is 0 Å². The van der Waals surface area contributed by atoms with Gasteiger partial charge in [-0.05, 0) is 0 Å². The quantitative estimate of drug-likeness (QED) is 0.526. The highest BCUT2D eigenvalue weighted by Gasteiger charge is 2.15. The second kappa shape index (κ2) is 3.71. The molecule has 0 aromatic carbocycles. The van der Waals surface area contributed by atoms with Crippen molar-refractivity contribution in [3.8, 4) is 0 Å². The van der Waals surface area contributed by atoms with E-state index in [1.807, 2.05) is 11.8 Å². The molecule has 0 N–H and O–H groups in total. The third-order valence-electron chi connectivity index (χ3n) is 1.44. The summed E-state index contributed by atoms with van der Waals surface area (Å²) >= 11 is 1.88. The van der Waals surface area contributed by atoms with E-state index in [1.54, 1.807) is 4.90 Å². The number of amides is 1. The van der Waals surface area contributed by atoms with Gasteiger partial charge in [0.25, 0.3) is 0 Å². The van der Waals surface area contributed by atoms with Gasteiger partial charge in [-0.15, -0.1) is 0 Å². The number of hydrogen-bond acceptors (Lipinski definition) is 3. The summed E-state index contributed by atoms with van der Waals surface area (Å²) in [5, 5.41) is 0. The highest BCUT2D eigenvalue weighted by Crippen LogP contribution is 2.09. The van der Waals surface area contributed by atoms with E-state index in [9.17, 15) is 4.79 Å². The predicted octanol–water partition coefficient (Wildman–Crippen LogP) is 0.802. The van der Waals surface area contributed by atoms with E-state index in [1.165, 1.54) is 7.11 Å². The van der Waals surface area contributed by atoms with Crippen LogP contribution in [0.5, 0.6) is 0 Å². The number of nitrogens with zero attached hydrogens (tertiary/aromatic N) is 1. The maximum absolute atomic E-state index is 10.9. The zero-order valence-electron chi connectivity index (χ0n) is 6.00. The molecule has 0 aliphatic carbocycles. The Morgan fingerprint density at radius 3 is 2.60 bits per heavy atom. The summed E-state index contributed by atoms with van der Waals surface area (Å²) in [4.78, 5) is 12.6. The highest BCUT2D eigenvalue weighted by molar-refractivity contribution is 7.99. The minimum Gasteiger partial charge on any atom is -0.453 e. The standard InChI is InChI=1S/C6H11NO2S/c1-9-6(8)7-2-4-10-5-3-7/h2-5H2,1H3. The molecule has 0 bridgehead atoms. The van der Waals surface area contributed by atoms with Crippen LogP contribution in [0, 0.1) is 0 Å². The summed E-state index contributed by atoms with van der Waals surface area (Å²) in [6.07, 6.45) is -0.194. The molecule has 1 aliphatic heterocycles. The summed E-state index contributed by atoms with van der Waals surface area (Å²) in [5.41, 5.74) is 0. The second-order valence-electron chi connectivity index (χ2n) is 2.07. The van der Waals surface area contributed by atoms with Crippen LogP contribution in [0.25, 0.3) is 0 Å². The van der Waals surface area contributed by atoms with E-state index in [4.69, 9.17) is 0 Å². The molecule has 0 spiro atoms. The molecule has 1 fully saturated rings. The molecule has 0 aromatic rings. The Morgan fingerprint density at radius 1 is 1.50 bits per heavy atom. The molecule has 1 amide bonds. The van der Waals surface area contributed by atoms with Gasteiger partial charge < -0.3 is 9.64 Å². The fourth-order valence-electron chi connectivity index (χ4n) is 0.875. The van der Waals surface area contributed by atoms with Crippen molar-refractivity contribution in [2.45, 2.75) is 0 Å². The van der Waals surface area contributed by atoms with Gasteiger partial charge in [0, 0.05) is 24.6 Å². The number of carbonyl (C=O) groups excluding carboxylic acids is 1. The van der Waals surface area contributed by atoms with Crippen LogP contribution in [0.4, 0.5) is 4.79 Å². The Balaban J connectivity index is 2.31. The minimum absolute atomic E-state index is 0.194. The van der Waals surface area contributed by atoms with Gasteiger partial charge in [-0.2, -0.15) is 11.8 Å². The van der Waals surface area contributed by atoms with Gasteiger partial charge >= 0.3 is 6.09 Å². The topological polar surface area (TPSA) is 29.5 Å². The normalized spacial score (nSPS) is 18.7. The molecule has 4 heteroatoms. The van der Waals surface area contributed by atoms with E-state index in [2.05, 4.69) is 4.74 Å². The fraction of sp³-hybridized carbons (Fsp3) is 0.833. The predicted molar refractivity (Wildman–Crippen MR) is 41.3 cm³/mol. The van der Waals surface area contributed by atoms with Crippen molar-refractivity contribution in [2.24, 2.45) is 0 Å². The maximum Gasteiger partial charge on any atom is 0.409 e. The Hall–Kier alpha value is -0.380. The summed E-state index contributed by atoms with van der Waals surface area (Å²) < 4.78 is 4.57. The summed E-state index contributed by atoms with van der Waals surface area (Å²) in [6, 6.07) is 0. The van der Waals surface area contributed by atoms with Gasteiger partial charge in [0.2, 0.25) is 0 Å². The third kappa shape index (κ3) is 1.80. The number of rotatable bonds is 0. The molecule has 1 saturated heterocycles. The van der Waals surface area contributed by atoms with Crippen LogP contribution < -0.4 is 0 Å². The van der Waals surface area contributed by atoms with Crippen LogP contribution in [0.15, 0.2) is 0 Å². The Morgan fingerprint density at radius 2 is 2.10 bits per heavy atom. The van der Waals surface area contributed by atoms with Gasteiger partial charge in [0.1, 0.15) is 0 Å². The molecule has 3 nitrogen and oxygen atoms in total. The van der Waals surface area contributed by atoms with Gasteiger partial charge in [-0.25, -0.2) is 4.79 Å². The number of thioether (sulfide) groups is 1. The number of hydrogen-bond donors (Lipinski definition) is 0. The molecule has 1 heterocycles. The zero-order valence-corrected chi connectivity index (χ0v) is 6.82. The molecule has 0 aromatic heterocycles. The first-order valence-electron chi connectivity index (χ1n) is 3.25. The average molecular weight is 161 g/mol. The smallest absolute Gasteiger partial charge is 0.409 e. The van der Waals surface area contributed by atoms with E-state index >= 15 is 0 Å². The lowest BCUT2D eigenvalue weighted by Crippen LogP contribution is -2.37. The van der Waals surface area contributed by atoms with Crippen molar-refractivity contribution < 1.29 is 9.53 Å². The first-order valence-corrected chi connectivity index (χ1v) is 4.40. The average Bonchev–Trinajstić information content (AvgIpc) is 2.05. The molecule has 58 valence electrons. The van der Waals surface area contributed by atoms with Gasteiger partial charge in [0.15, 0.2) is 0 Å². The lowest BCUT2D eigenvalue weighted by molar-refractivity contribution is 0.128. The van der Waals surface area contributed by atoms with Crippen LogP contribution in [0.3, 0.4) is 0 Å². The van der Waals surface area contributed by atoms with E-state index in [0.717, 1.165) is 24.6 Å². The fourth-order valence-corrected chi connectivity index (χ4v) is 1.78. The first-order chi connectivity index (χ1) is 4.84. The lowest BCUT2D eigenvalue weighted by atomic mass is 10.5. The van der Waals surface area contributed by atoms with E-state index in [-0.39, 0.29) is 6.09 Å². The summed E-state index contributed by atoms with van der Waals surface area (Å²) in [6.45, 7) is 1.66. The van der Waals surface area contributed by atoms with Crippen LogP contribution in [0.1, 0.15) is 0 Å². The molecule has 1 aliphatic rings. The Bertz CT molecular complexity index is 123.